The topological polar surface area (TPSA) is 25.8 Å². The zero-order valence-corrected chi connectivity index (χ0v) is 27.3. The van der Waals surface area contributed by atoms with Gasteiger partial charge in [-0.25, -0.2) is 0 Å². The van der Waals surface area contributed by atoms with Crippen molar-refractivity contribution < 1.29 is 0 Å². The molecule has 0 radical (unpaired) electrons. The van der Waals surface area contributed by atoms with Crippen LogP contribution in [0.3, 0.4) is 0 Å². The Morgan fingerprint density at radius 3 is 1.69 bits per heavy atom. The lowest BCUT2D eigenvalue weighted by molar-refractivity contribution is 0.801. The van der Waals surface area contributed by atoms with Gasteiger partial charge in [-0.05, 0) is 108 Å². The average molecular weight is 627 g/mol. The van der Waals surface area contributed by atoms with E-state index in [1.54, 1.807) is 0 Å². The van der Waals surface area contributed by atoms with Gasteiger partial charge in [0.25, 0.3) is 0 Å². The summed E-state index contributed by atoms with van der Waals surface area (Å²) in [6, 6.07) is 52.5. The molecule has 1 atom stereocenters. The van der Waals surface area contributed by atoms with E-state index in [1.165, 1.54) is 65.4 Å². The first-order valence-electron chi connectivity index (χ1n) is 17.0. The van der Waals surface area contributed by atoms with Crippen LogP contribution in [0.2, 0.25) is 0 Å². The van der Waals surface area contributed by atoms with Crippen LogP contribution in [0.1, 0.15) is 13.3 Å². The number of rotatable bonds is 5. The van der Waals surface area contributed by atoms with Crippen LogP contribution in [0.5, 0.6) is 0 Å². The molecule has 2 aromatic heterocycles. The van der Waals surface area contributed by atoms with E-state index in [-0.39, 0.29) is 0 Å². The molecule has 2 heterocycles. The molecule has 0 aliphatic heterocycles. The molecule has 9 rings (SSSR count). The van der Waals surface area contributed by atoms with Crippen LogP contribution in [0.4, 0.5) is 0 Å². The Labute approximate surface area is 286 Å². The minimum Gasteiger partial charge on any atom is -0.256 e. The Morgan fingerprint density at radius 2 is 1.04 bits per heavy atom. The third-order valence-electron chi connectivity index (χ3n) is 9.90. The molecule has 6 aromatic carbocycles. The van der Waals surface area contributed by atoms with E-state index in [4.69, 9.17) is 0 Å². The molecule has 49 heavy (non-hydrogen) atoms. The van der Waals surface area contributed by atoms with Crippen molar-refractivity contribution in [3.8, 4) is 55.9 Å². The Balaban J connectivity index is 1.32. The molecule has 0 amide bonds. The van der Waals surface area contributed by atoms with E-state index in [0.29, 0.717) is 5.92 Å². The van der Waals surface area contributed by atoms with Crippen molar-refractivity contribution in [1.82, 2.24) is 9.97 Å². The predicted octanol–water partition coefficient (Wildman–Crippen LogP) is 10.7. The molecule has 1 aliphatic carbocycles. The highest BCUT2D eigenvalue weighted by molar-refractivity contribution is 6.09. The van der Waals surface area contributed by atoms with Crippen LogP contribution < -0.4 is 10.4 Å². The van der Waals surface area contributed by atoms with E-state index < -0.39 is 0 Å². The van der Waals surface area contributed by atoms with Gasteiger partial charge in [-0.3, -0.25) is 9.97 Å². The van der Waals surface area contributed by atoms with E-state index in [0.717, 1.165) is 28.9 Å². The lowest BCUT2D eigenvalue weighted by Crippen LogP contribution is -2.33. The van der Waals surface area contributed by atoms with Crippen LogP contribution in [0.25, 0.3) is 89.6 Å². The number of benzene rings is 6. The van der Waals surface area contributed by atoms with E-state index in [2.05, 4.69) is 150 Å². The average Bonchev–Trinajstić information content (AvgIpc) is 3.17. The van der Waals surface area contributed by atoms with Crippen molar-refractivity contribution in [2.75, 3.05) is 0 Å². The van der Waals surface area contributed by atoms with Crippen molar-refractivity contribution in [3.63, 3.8) is 0 Å². The smallest absolute Gasteiger partial charge is 0.0701 e. The van der Waals surface area contributed by atoms with Gasteiger partial charge in [0.15, 0.2) is 0 Å². The van der Waals surface area contributed by atoms with Gasteiger partial charge in [-0.2, -0.15) is 0 Å². The van der Waals surface area contributed by atoms with Gasteiger partial charge in [0.1, 0.15) is 0 Å². The summed E-state index contributed by atoms with van der Waals surface area (Å²) < 4.78 is 0. The van der Waals surface area contributed by atoms with Gasteiger partial charge < -0.3 is 0 Å². The second-order valence-electron chi connectivity index (χ2n) is 13.0. The molecule has 0 fully saturated rings. The van der Waals surface area contributed by atoms with Gasteiger partial charge >= 0.3 is 0 Å². The van der Waals surface area contributed by atoms with Crippen molar-refractivity contribution in [2.24, 2.45) is 5.92 Å². The van der Waals surface area contributed by atoms with Crippen LogP contribution >= 0.6 is 0 Å². The van der Waals surface area contributed by atoms with Crippen molar-refractivity contribution in [2.45, 2.75) is 13.3 Å². The van der Waals surface area contributed by atoms with E-state index in [1.807, 2.05) is 36.7 Å². The highest BCUT2D eigenvalue weighted by atomic mass is 14.7. The molecular weight excluding hydrogens is 593 g/mol. The molecule has 2 heteroatoms. The van der Waals surface area contributed by atoms with Crippen molar-refractivity contribution >= 4 is 33.7 Å². The zero-order valence-electron chi connectivity index (χ0n) is 27.3. The fourth-order valence-corrected chi connectivity index (χ4v) is 7.52. The van der Waals surface area contributed by atoms with Crippen LogP contribution in [0.15, 0.2) is 158 Å². The third-order valence-corrected chi connectivity index (χ3v) is 9.90. The fraction of sp³-hybridized carbons (Fsp3) is 0.0638. The lowest BCUT2D eigenvalue weighted by atomic mass is 9.83. The number of hydrogen-bond donors (Lipinski definition) is 0. The largest absolute Gasteiger partial charge is 0.256 e. The second-order valence-corrected chi connectivity index (χ2v) is 13.0. The molecule has 232 valence electrons. The summed E-state index contributed by atoms with van der Waals surface area (Å²) in [4.78, 5) is 9.20. The summed E-state index contributed by atoms with van der Waals surface area (Å²) in [5.74, 6) is 0.450. The Hall–Kier alpha value is -6.12. The number of pyridine rings is 2. The Bertz CT molecular complexity index is 2600. The summed E-state index contributed by atoms with van der Waals surface area (Å²) in [6.45, 7) is 2.32. The molecule has 1 aliphatic rings. The van der Waals surface area contributed by atoms with Crippen molar-refractivity contribution in [1.29, 1.82) is 0 Å². The SMILES string of the molecule is CC1C=c2c(-c3ccc(-c4ccccn4)cc3)c3ccc(-c4cccc5ccccc45)cc3c(-c3ccc(-c4ccccn4)cc3)c2=CC1. The normalized spacial score (nSPS) is 13.9. The first-order chi connectivity index (χ1) is 24.2. The first kappa shape index (κ1) is 29.1. The number of hydrogen-bond acceptors (Lipinski definition) is 2. The van der Waals surface area contributed by atoms with Crippen LogP contribution in [-0.2, 0) is 0 Å². The van der Waals surface area contributed by atoms with Gasteiger partial charge in [-0.1, -0.05) is 134 Å². The van der Waals surface area contributed by atoms with Crippen LogP contribution in [-0.4, -0.2) is 9.97 Å². The number of nitrogens with zero attached hydrogens (tertiary/aromatic N) is 2. The summed E-state index contributed by atoms with van der Waals surface area (Å²) in [7, 11) is 0. The third kappa shape index (κ3) is 5.23. The standard InChI is InChI=1S/C47H34N2/c1-31-15-25-40-42(29-31)46(35-20-16-33(17-21-35)44-13-4-6-27-48-44)41-26-24-37(39-12-8-10-32-9-2-3-11-38(32)39)30-43(41)47(40)36-22-18-34(19-23-36)45-14-5-7-28-49-45/h2-14,16-31H,15H2,1H3. The van der Waals surface area contributed by atoms with Crippen molar-refractivity contribution in [3.05, 3.63) is 168 Å². The highest BCUT2D eigenvalue weighted by Gasteiger charge is 2.19. The minimum atomic E-state index is 0.450. The summed E-state index contributed by atoms with van der Waals surface area (Å²) >= 11 is 0. The fourth-order valence-electron chi connectivity index (χ4n) is 7.52. The molecule has 8 aromatic rings. The predicted molar refractivity (Wildman–Crippen MR) is 206 cm³/mol. The monoisotopic (exact) mass is 626 g/mol. The Kier molecular flexibility index (Phi) is 7.21. The molecule has 0 bridgehead atoms. The molecule has 0 saturated carbocycles. The summed E-state index contributed by atoms with van der Waals surface area (Å²) in [5, 5.41) is 7.67. The van der Waals surface area contributed by atoms with E-state index in [9.17, 15) is 0 Å². The van der Waals surface area contributed by atoms with Gasteiger partial charge in [0.2, 0.25) is 0 Å². The van der Waals surface area contributed by atoms with Gasteiger partial charge in [0, 0.05) is 23.5 Å². The van der Waals surface area contributed by atoms with Gasteiger partial charge in [0.05, 0.1) is 11.4 Å². The molecule has 1 unspecified atom stereocenters. The van der Waals surface area contributed by atoms with Gasteiger partial charge in [-0.15, -0.1) is 0 Å². The van der Waals surface area contributed by atoms with Crippen LogP contribution in [0, 0.1) is 5.92 Å². The molecule has 0 saturated heterocycles. The molecular formula is C47H34N2. The lowest BCUT2D eigenvalue weighted by Gasteiger charge is -2.20. The second kappa shape index (κ2) is 12.2. The zero-order chi connectivity index (χ0) is 32.7. The maximum atomic E-state index is 4.61. The van der Waals surface area contributed by atoms with E-state index >= 15 is 0 Å². The minimum absolute atomic E-state index is 0.450. The Morgan fingerprint density at radius 1 is 0.469 bits per heavy atom. The molecule has 0 N–H and O–H groups in total. The maximum absolute atomic E-state index is 4.61. The number of fused-ring (bicyclic) bond motifs is 3. The number of aromatic nitrogens is 2. The summed E-state index contributed by atoms with van der Waals surface area (Å²) in [5.41, 5.74) is 11.7. The molecule has 0 spiro atoms. The molecule has 2 nitrogen and oxygen atoms in total. The maximum Gasteiger partial charge on any atom is 0.0701 e. The summed E-state index contributed by atoms with van der Waals surface area (Å²) in [6.07, 6.45) is 9.68. The quantitative estimate of drug-likeness (QED) is 0.190. The highest BCUT2D eigenvalue weighted by Crippen LogP contribution is 2.38. The first-order valence-corrected chi connectivity index (χ1v) is 17.0.